The lowest BCUT2D eigenvalue weighted by Gasteiger charge is -2.19. The fourth-order valence-electron chi connectivity index (χ4n) is 1.67. The molecule has 2 atom stereocenters. The van der Waals surface area contributed by atoms with Crippen LogP contribution >= 0.6 is 0 Å². The van der Waals surface area contributed by atoms with Gasteiger partial charge in [0.25, 0.3) is 0 Å². The molecule has 1 heterocycles. The van der Waals surface area contributed by atoms with E-state index in [9.17, 15) is 4.39 Å². The van der Waals surface area contributed by atoms with Crippen LogP contribution < -0.4 is 10.6 Å². The van der Waals surface area contributed by atoms with E-state index < -0.39 is 6.17 Å². The van der Waals surface area contributed by atoms with Crippen LogP contribution in [0.1, 0.15) is 26.7 Å². The van der Waals surface area contributed by atoms with Gasteiger partial charge in [0.05, 0.1) is 0 Å². The van der Waals surface area contributed by atoms with Gasteiger partial charge in [-0.25, -0.2) is 4.39 Å². The van der Waals surface area contributed by atoms with E-state index in [4.69, 9.17) is 0 Å². The summed E-state index contributed by atoms with van der Waals surface area (Å²) in [4.78, 5) is 0. The van der Waals surface area contributed by atoms with Gasteiger partial charge in [-0.1, -0.05) is 13.8 Å². The van der Waals surface area contributed by atoms with Crippen molar-refractivity contribution in [2.24, 2.45) is 0 Å². The Morgan fingerprint density at radius 2 is 2.25 bits per heavy atom. The lowest BCUT2D eigenvalue weighted by molar-refractivity contribution is 0.284. The molecule has 1 aliphatic heterocycles. The molecule has 0 aromatic rings. The van der Waals surface area contributed by atoms with Crippen molar-refractivity contribution in [3.63, 3.8) is 0 Å². The minimum absolute atomic E-state index is 0.356. The average Bonchev–Trinajstić information content (AvgIpc) is 2.12. The van der Waals surface area contributed by atoms with Gasteiger partial charge in [0, 0.05) is 18.6 Å². The molecule has 0 aromatic heterocycles. The Kier molecular flexibility index (Phi) is 3.95. The minimum atomic E-state index is -0.677. The average molecular weight is 174 g/mol. The van der Waals surface area contributed by atoms with E-state index in [0.717, 1.165) is 13.0 Å². The van der Waals surface area contributed by atoms with E-state index in [1.165, 1.54) is 0 Å². The summed E-state index contributed by atoms with van der Waals surface area (Å²) >= 11 is 0. The SMILES string of the molecule is CC(C)NC1CCNCC(F)C1. The molecule has 0 amide bonds. The molecule has 2 nitrogen and oxygen atoms in total. The van der Waals surface area contributed by atoms with E-state index in [-0.39, 0.29) is 0 Å². The van der Waals surface area contributed by atoms with Gasteiger partial charge >= 0.3 is 0 Å². The fraction of sp³-hybridized carbons (Fsp3) is 1.00. The Balaban J connectivity index is 2.31. The molecule has 0 aliphatic carbocycles. The van der Waals surface area contributed by atoms with Gasteiger partial charge in [-0.15, -0.1) is 0 Å². The van der Waals surface area contributed by atoms with Crippen LogP contribution in [0.4, 0.5) is 4.39 Å². The smallest absolute Gasteiger partial charge is 0.114 e. The zero-order chi connectivity index (χ0) is 8.97. The van der Waals surface area contributed by atoms with Crippen molar-refractivity contribution in [1.82, 2.24) is 10.6 Å². The maximum atomic E-state index is 13.0. The fourth-order valence-corrected chi connectivity index (χ4v) is 1.67. The zero-order valence-electron chi connectivity index (χ0n) is 7.94. The third-order valence-electron chi connectivity index (χ3n) is 2.14. The summed E-state index contributed by atoms with van der Waals surface area (Å²) in [7, 11) is 0. The van der Waals surface area contributed by atoms with Gasteiger partial charge < -0.3 is 10.6 Å². The van der Waals surface area contributed by atoms with Gasteiger partial charge in [-0.05, 0) is 19.4 Å². The molecule has 1 aliphatic rings. The second-order valence-corrected chi connectivity index (χ2v) is 3.84. The van der Waals surface area contributed by atoms with E-state index >= 15 is 0 Å². The Hall–Kier alpha value is -0.150. The topological polar surface area (TPSA) is 24.1 Å². The number of nitrogens with one attached hydrogen (secondary N) is 2. The summed E-state index contributed by atoms with van der Waals surface area (Å²) in [5.74, 6) is 0. The van der Waals surface area contributed by atoms with Gasteiger partial charge in [-0.2, -0.15) is 0 Å². The highest BCUT2D eigenvalue weighted by atomic mass is 19.1. The van der Waals surface area contributed by atoms with Crippen LogP contribution in [0.25, 0.3) is 0 Å². The summed E-state index contributed by atoms with van der Waals surface area (Å²) in [6.07, 6.45) is 1.02. The van der Waals surface area contributed by atoms with Crippen molar-refractivity contribution in [2.45, 2.75) is 44.9 Å². The highest BCUT2D eigenvalue weighted by Crippen LogP contribution is 2.09. The molecule has 1 fully saturated rings. The Bertz CT molecular complexity index is 128. The van der Waals surface area contributed by atoms with Gasteiger partial charge in [0.1, 0.15) is 6.17 Å². The number of halogens is 1. The first-order valence-electron chi connectivity index (χ1n) is 4.79. The van der Waals surface area contributed by atoms with Crippen LogP contribution in [0.3, 0.4) is 0 Å². The Morgan fingerprint density at radius 3 is 2.92 bits per heavy atom. The lowest BCUT2D eigenvalue weighted by atomic mass is 10.1. The highest BCUT2D eigenvalue weighted by molar-refractivity contribution is 4.78. The predicted molar refractivity (Wildman–Crippen MR) is 49.1 cm³/mol. The van der Waals surface area contributed by atoms with E-state index in [1.54, 1.807) is 0 Å². The number of hydrogen-bond acceptors (Lipinski definition) is 2. The van der Waals surface area contributed by atoms with Crippen LogP contribution in [0.15, 0.2) is 0 Å². The molecule has 1 saturated heterocycles. The van der Waals surface area contributed by atoms with Gasteiger partial charge in [0.15, 0.2) is 0 Å². The third kappa shape index (κ3) is 3.50. The summed E-state index contributed by atoms with van der Waals surface area (Å²) in [6.45, 7) is 5.66. The van der Waals surface area contributed by atoms with E-state index in [2.05, 4.69) is 24.5 Å². The molecule has 3 heteroatoms. The first-order valence-corrected chi connectivity index (χ1v) is 4.79. The molecule has 0 aromatic carbocycles. The first kappa shape index (κ1) is 9.93. The third-order valence-corrected chi connectivity index (χ3v) is 2.14. The van der Waals surface area contributed by atoms with Crippen molar-refractivity contribution in [3.8, 4) is 0 Å². The summed E-state index contributed by atoms with van der Waals surface area (Å²) in [5, 5.41) is 6.46. The number of rotatable bonds is 2. The van der Waals surface area contributed by atoms with Crippen LogP contribution in [-0.2, 0) is 0 Å². The molecule has 12 heavy (non-hydrogen) atoms. The summed E-state index contributed by atoms with van der Waals surface area (Å²) in [6, 6.07) is 0.815. The predicted octanol–water partition coefficient (Wildman–Crippen LogP) is 1.07. The largest absolute Gasteiger partial charge is 0.314 e. The molecular weight excluding hydrogens is 155 g/mol. The standard InChI is InChI=1S/C9H19FN2/c1-7(2)12-9-3-4-11-6-8(10)5-9/h7-9,11-12H,3-6H2,1-2H3. The van der Waals surface area contributed by atoms with Gasteiger partial charge in [0.2, 0.25) is 0 Å². The lowest BCUT2D eigenvalue weighted by Crippen LogP contribution is -2.36. The maximum Gasteiger partial charge on any atom is 0.114 e. The molecule has 0 saturated carbocycles. The highest BCUT2D eigenvalue weighted by Gasteiger charge is 2.19. The van der Waals surface area contributed by atoms with Crippen LogP contribution in [-0.4, -0.2) is 31.3 Å². The van der Waals surface area contributed by atoms with Crippen LogP contribution in [0, 0.1) is 0 Å². The summed E-state index contributed by atoms with van der Waals surface area (Å²) in [5.41, 5.74) is 0. The van der Waals surface area contributed by atoms with Gasteiger partial charge in [-0.3, -0.25) is 0 Å². The van der Waals surface area contributed by atoms with E-state index in [1.807, 2.05) is 0 Å². The molecule has 0 radical (unpaired) electrons. The van der Waals surface area contributed by atoms with Crippen LogP contribution in [0.2, 0.25) is 0 Å². The number of alkyl halides is 1. The van der Waals surface area contributed by atoms with E-state index in [0.29, 0.717) is 25.0 Å². The number of hydrogen-bond donors (Lipinski definition) is 2. The second kappa shape index (κ2) is 4.77. The zero-order valence-corrected chi connectivity index (χ0v) is 7.94. The van der Waals surface area contributed by atoms with Crippen molar-refractivity contribution < 1.29 is 4.39 Å². The first-order chi connectivity index (χ1) is 5.68. The van der Waals surface area contributed by atoms with Crippen molar-refractivity contribution >= 4 is 0 Å². The molecular formula is C9H19FN2. The normalized spacial score (nSPS) is 32.0. The molecule has 2 unspecified atom stereocenters. The Morgan fingerprint density at radius 1 is 1.50 bits per heavy atom. The van der Waals surface area contributed by atoms with Crippen molar-refractivity contribution in [1.29, 1.82) is 0 Å². The molecule has 0 bridgehead atoms. The van der Waals surface area contributed by atoms with Crippen LogP contribution in [0.5, 0.6) is 0 Å². The second-order valence-electron chi connectivity index (χ2n) is 3.84. The summed E-state index contributed by atoms with van der Waals surface area (Å²) < 4.78 is 13.0. The minimum Gasteiger partial charge on any atom is -0.314 e. The molecule has 2 N–H and O–H groups in total. The maximum absolute atomic E-state index is 13.0. The molecule has 0 spiro atoms. The molecule has 72 valence electrons. The van der Waals surface area contributed by atoms with Crippen molar-refractivity contribution in [3.05, 3.63) is 0 Å². The quantitative estimate of drug-likeness (QED) is 0.654. The molecule has 1 rings (SSSR count). The monoisotopic (exact) mass is 174 g/mol. The van der Waals surface area contributed by atoms with Crippen molar-refractivity contribution in [2.75, 3.05) is 13.1 Å². The Labute approximate surface area is 73.9 Å².